The fourth-order valence-electron chi connectivity index (χ4n) is 1.45. The zero-order valence-corrected chi connectivity index (χ0v) is 9.03. The Hall–Kier alpha value is -1.14. The summed E-state index contributed by atoms with van der Waals surface area (Å²) < 4.78 is 4.88. The second-order valence-corrected chi connectivity index (χ2v) is 3.83. The first-order chi connectivity index (χ1) is 7.17. The summed E-state index contributed by atoms with van der Waals surface area (Å²) in [6, 6.07) is 0.811. The quantitative estimate of drug-likeness (QED) is 0.782. The van der Waals surface area contributed by atoms with E-state index in [1.54, 1.807) is 0 Å². The summed E-state index contributed by atoms with van der Waals surface area (Å²) in [5.41, 5.74) is 5.66. The number of ether oxygens (including phenoxy) is 1. The third kappa shape index (κ3) is 2.45. The van der Waals surface area contributed by atoms with Crippen molar-refractivity contribution >= 4 is 17.5 Å². The molecule has 7 heteroatoms. The summed E-state index contributed by atoms with van der Waals surface area (Å²) in [4.78, 5) is 11.7. The van der Waals surface area contributed by atoms with Gasteiger partial charge in [0.1, 0.15) is 0 Å². The molecule has 0 spiro atoms. The number of rotatable bonds is 3. The molecule has 0 aliphatic heterocycles. The Bertz CT molecular complexity index is 355. The van der Waals surface area contributed by atoms with Crippen molar-refractivity contribution in [3.8, 4) is 6.01 Å². The molecule has 0 aromatic carbocycles. The average molecular weight is 230 g/mol. The van der Waals surface area contributed by atoms with E-state index in [2.05, 4.69) is 20.3 Å². The highest BCUT2D eigenvalue weighted by atomic mass is 35.5. The Balaban J connectivity index is 2.04. The molecule has 0 bridgehead atoms. The summed E-state index contributed by atoms with van der Waals surface area (Å²) in [6.45, 7) is 0. The van der Waals surface area contributed by atoms with Gasteiger partial charge in [0, 0.05) is 12.1 Å². The van der Waals surface area contributed by atoms with Gasteiger partial charge >= 0.3 is 6.01 Å². The fourth-order valence-corrected chi connectivity index (χ4v) is 1.60. The number of methoxy groups -OCH3 is 1. The first-order valence-electron chi connectivity index (χ1n) is 4.65. The maximum absolute atomic E-state index is 5.70. The molecule has 0 radical (unpaired) electrons. The van der Waals surface area contributed by atoms with Gasteiger partial charge in [0.05, 0.1) is 7.11 Å². The summed E-state index contributed by atoms with van der Waals surface area (Å²) in [5, 5.41) is 3.24. The number of halogens is 1. The van der Waals surface area contributed by atoms with Gasteiger partial charge in [-0.3, -0.25) is 0 Å². The molecule has 15 heavy (non-hydrogen) atoms. The molecule has 3 N–H and O–H groups in total. The third-order valence-electron chi connectivity index (χ3n) is 2.28. The van der Waals surface area contributed by atoms with Crippen LogP contribution in [0, 0.1) is 0 Å². The van der Waals surface area contributed by atoms with Crippen LogP contribution in [0.25, 0.3) is 0 Å². The van der Waals surface area contributed by atoms with Gasteiger partial charge in [0.25, 0.3) is 0 Å². The Kier molecular flexibility index (Phi) is 2.88. The van der Waals surface area contributed by atoms with Crippen LogP contribution in [0.1, 0.15) is 12.8 Å². The lowest BCUT2D eigenvalue weighted by Crippen LogP contribution is -2.44. The number of nitrogens with one attached hydrogen (secondary N) is 1. The maximum Gasteiger partial charge on any atom is 0.322 e. The van der Waals surface area contributed by atoms with Crippen LogP contribution in [-0.4, -0.2) is 34.1 Å². The molecular formula is C8H12ClN5O. The van der Waals surface area contributed by atoms with Crippen LogP contribution in [0.4, 0.5) is 5.95 Å². The number of aromatic nitrogens is 3. The molecule has 82 valence electrons. The monoisotopic (exact) mass is 229 g/mol. The van der Waals surface area contributed by atoms with Crippen LogP contribution >= 0.6 is 11.6 Å². The van der Waals surface area contributed by atoms with E-state index in [4.69, 9.17) is 22.1 Å². The Labute approximate surface area is 92.2 Å². The van der Waals surface area contributed by atoms with Crippen molar-refractivity contribution in [2.75, 3.05) is 12.4 Å². The molecule has 1 heterocycles. The highest BCUT2D eigenvalue weighted by Crippen LogP contribution is 2.21. The van der Waals surface area contributed by atoms with Gasteiger partial charge in [0.15, 0.2) is 0 Å². The van der Waals surface area contributed by atoms with Gasteiger partial charge in [-0.15, -0.1) is 0 Å². The van der Waals surface area contributed by atoms with E-state index in [9.17, 15) is 0 Å². The molecular weight excluding hydrogens is 218 g/mol. The summed E-state index contributed by atoms with van der Waals surface area (Å²) in [5.74, 6) is 0.434. The maximum atomic E-state index is 5.70. The van der Waals surface area contributed by atoms with Crippen LogP contribution in [0.3, 0.4) is 0 Å². The van der Waals surface area contributed by atoms with Gasteiger partial charge in [-0.25, -0.2) is 0 Å². The number of nitrogens with zero attached hydrogens (tertiary/aromatic N) is 3. The van der Waals surface area contributed by atoms with E-state index in [0.717, 1.165) is 12.8 Å². The predicted molar refractivity (Wildman–Crippen MR) is 56.0 cm³/mol. The first-order valence-corrected chi connectivity index (χ1v) is 5.03. The number of hydrogen-bond donors (Lipinski definition) is 2. The predicted octanol–water partition coefficient (Wildman–Crippen LogP) is 0.435. The van der Waals surface area contributed by atoms with Crippen molar-refractivity contribution < 1.29 is 4.74 Å². The van der Waals surface area contributed by atoms with Crippen molar-refractivity contribution in [1.82, 2.24) is 15.0 Å². The van der Waals surface area contributed by atoms with Gasteiger partial charge in [-0.2, -0.15) is 15.0 Å². The highest BCUT2D eigenvalue weighted by Gasteiger charge is 2.26. The van der Waals surface area contributed by atoms with Crippen LogP contribution in [0.2, 0.25) is 5.28 Å². The number of anilines is 1. The SMILES string of the molecule is COc1nc(Cl)nc(NC2CC(N)C2)n1. The van der Waals surface area contributed by atoms with Crippen molar-refractivity contribution in [2.24, 2.45) is 5.73 Å². The van der Waals surface area contributed by atoms with Crippen LogP contribution in [0.5, 0.6) is 6.01 Å². The zero-order valence-electron chi connectivity index (χ0n) is 8.27. The second kappa shape index (κ2) is 4.16. The standard InChI is InChI=1S/C8H12ClN5O/c1-15-8-13-6(9)12-7(14-8)11-5-2-4(10)3-5/h4-5H,2-3,10H2,1H3,(H,11,12,13,14). The lowest BCUT2D eigenvalue weighted by atomic mass is 9.88. The number of nitrogens with two attached hydrogens (primary N) is 1. The molecule has 1 aliphatic rings. The van der Waals surface area contributed by atoms with E-state index < -0.39 is 0 Å². The summed E-state index contributed by atoms with van der Waals surface area (Å²) >= 11 is 5.70. The topological polar surface area (TPSA) is 86.0 Å². The van der Waals surface area contributed by atoms with E-state index in [0.29, 0.717) is 12.0 Å². The molecule has 1 fully saturated rings. The molecule has 1 aromatic heterocycles. The summed E-state index contributed by atoms with van der Waals surface area (Å²) in [6.07, 6.45) is 1.84. The average Bonchev–Trinajstić information content (AvgIpc) is 2.14. The van der Waals surface area contributed by atoms with Crippen molar-refractivity contribution in [3.63, 3.8) is 0 Å². The van der Waals surface area contributed by atoms with Crippen LogP contribution in [0.15, 0.2) is 0 Å². The third-order valence-corrected chi connectivity index (χ3v) is 2.45. The lowest BCUT2D eigenvalue weighted by molar-refractivity contribution is 0.365. The number of hydrogen-bond acceptors (Lipinski definition) is 6. The van der Waals surface area contributed by atoms with Crippen LogP contribution in [-0.2, 0) is 0 Å². The molecule has 1 aromatic rings. The van der Waals surface area contributed by atoms with Gasteiger partial charge in [-0.05, 0) is 24.4 Å². The molecule has 1 aliphatic carbocycles. The van der Waals surface area contributed by atoms with Gasteiger partial charge < -0.3 is 15.8 Å². The zero-order chi connectivity index (χ0) is 10.8. The van der Waals surface area contributed by atoms with Crippen molar-refractivity contribution in [2.45, 2.75) is 24.9 Å². The Morgan fingerprint density at radius 3 is 2.73 bits per heavy atom. The van der Waals surface area contributed by atoms with Crippen molar-refractivity contribution in [3.05, 3.63) is 5.28 Å². The Morgan fingerprint density at radius 2 is 2.13 bits per heavy atom. The minimum atomic E-state index is 0.118. The molecule has 6 nitrogen and oxygen atoms in total. The Morgan fingerprint density at radius 1 is 1.40 bits per heavy atom. The largest absolute Gasteiger partial charge is 0.467 e. The molecule has 0 saturated heterocycles. The lowest BCUT2D eigenvalue weighted by Gasteiger charge is -2.32. The van der Waals surface area contributed by atoms with Gasteiger partial charge in [0.2, 0.25) is 11.2 Å². The fraction of sp³-hybridized carbons (Fsp3) is 0.625. The molecule has 2 rings (SSSR count). The highest BCUT2D eigenvalue weighted by molar-refractivity contribution is 6.28. The molecule has 0 atom stereocenters. The van der Waals surface area contributed by atoms with E-state index >= 15 is 0 Å². The minimum absolute atomic E-state index is 0.118. The summed E-state index contributed by atoms with van der Waals surface area (Å²) in [7, 11) is 1.48. The van der Waals surface area contributed by atoms with E-state index in [-0.39, 0.29) is 17.3 Å². The molecule has 0 unspecified atom stereocenters. The normalized spacial score (nSPS) is 24.5. The van der Waals surface area contributed by atoms with Crippen LogP contribution < -0.4 is 15.8 Å². The first kappa shape index (κ1) is 10.4. The van der Waals surface area contributed by atoms with E-state index in [1.165, 1.54) is 7.11 Å². The second-order valence-electron chi connectivity index (χ2n) is 3.49. The molecule has 0 amide bonds. The van der Waals surface area contributed by atoms with Gasteiger partial charge in [-0.1, -0.05) is 0 Å². The smallest absolute Gasteiger partial charge is 0.322 e. The molecule has 1 saturated carbocycles. The van der Waals surface area contributed by atoms with E-state index in [1.807, 2.05) is 0 Å². The minimum Gasteiger partial charge on any atom is -0.467 e. The van der Waals surface area contributed by atoms with Crippen molar-refractivity contribution in [1.29, 1.82) is 0 Å².